The van der Waals surface area contributed by atoms with Gasteiger partial charge in [0.25, 0.3) is 5.91 Å². The lowest BCUT2D eigenvalue weighted by molar-refractivity contribution is -0.137. The van der Waals surface area contributed by atoms with Crippen LogP contribution < -0.4 is 5.32 Å². The highest BCUT2D eigenvalue weighted by molar-refractivity contribution is 5.94. The maximum Gasteiger partial charge on any atom is 0.416 e. The van der Waals surface area contributed by atoms with E-state index < -0.39 is 11.7 Å². The fourth-order valence-corrected chi connectivity index (χ4v) is 4.29. The Morgan fingerprint density at radius 2 is 1.60 bits per heavy atom. The summed E-state index contributed by atoms with van der Waals surface area (Å²) in [7, 11) is 0. The number of aromatic nitrogens is 1. The molecule has 2 aliphatic heterocycles. The molecule has 2 aromatic rings. The van der Waals surface area contributed by atoms with E-state index in [0.717, 1.165) is 31.4 Å². The second kappa shape index (κ2) is 7.70. The smallest absolute Gasteiger partial charge is 0.367 e. The van der Waals surface area contributed by atoms with E-state index in [4.69, 9.17) is 0 Å². The van der Waals surface area contributed by atoms with Crippen LogP contribution in [0.4, 0.5) is 23.7 Å². The first-order valence-electron chi connectivity index (χ1n) is 9.91. The number of likely N-dealkylation sites (tertiary alicyclic amines) is 2. The molecule has 2 fully saturated rings. The van der Waals surface area contributed by atoms with Crippen LogP contribution in [0.3, 0.4) is 0 Å². The number of halogens is 3. The monoisotopic (exact) mass is 420 g/mol. The molecule has 160 valence electrons. The number of alkyl halides is 3. The molecule has 0 aliphatic carbocycles. The number of carbonyl (C=O) groups excluding carboxylic acids is 2. The number of nitrogens with one attached hydrogen (secondary N) is 2. The van der Waals surface area contributed by atoms with Crippen LogP contribution in [-0.2, 0) is 6.18 Å². The average molecular weight is 420 g/mol. The molecule has 30 heavy (non-hydrogen) atoms. The summed E-state index contributed by atoms with van der Waals surface area (Å²) < 4.78 is 38.0. The van der Waals surface area contributed by atoms with Gasteiger partial charge in [0.05, 0.1) is 11.1 Å². The van der Waals surface area contributed by atoms with E-state index in [1.165, 1.54) is 12.1 Å². The van der Waals surface area contributed by atoms with E-state index in [1.54, 1.807) is 23.4 Å². The molecule has 2 aliphatic rings. The number of H-pyrrole nitrogens is 1. The van der Waals surface area contributed by atoms with Gasteiger partial charge in [0, 0.05) is 44.3 Å². The molecule has 9 heteroatoms. The van der Waals surface area contributed by atoms with Crippen molar-refractivity contribution in [1.29, 1.82) is 0 Å². The highest BCUT2D eigenvalue weighted by atomic mass is 19.4. The first-order valence-corrected chi connectivity index (χ1v) is 9.91. The highest BCUT2D eigenvalue weighted by Crippen LogP contribution is 2.40. The van der Waals surface area contributed by atoms with Gasteiger partial charge < -0.3 is 20.1 Å². The number of benzene rings is 1. The Labute approximate surface area is 172 Å². The predicted molar refractivity (Wildman–Crippen MR) is 105 cm³/mol. The topological polar surface area (TPSA) is 68.4 Å². The molecule has 0 unspecified atom stereocenters. The number of aromatic amines is 1. The normalized spacial score (nSPS) is 18.6. The summed E-state index contributed by atoms with van der Waals surface area (Å²) in [4.78, 5) is 31.5. The molecule has 4 rings (SSSR count). The number of hydrogen-bond acceptors (Lipinski definition) is 2. The van der Waals surface area contributed by atoms with Gasteiger partial charge in [0.1, 0.15) is 0 Å². The van der Waals surface area contributed by atoms with Crippen molar-refractivity contribution in [2.75, 3.05) is 31.5 Å². The molecule has 2 N–H and O–H groups in total. The van der Waals surface area contributed by atoms with Gasteiger partial charge in [-0.2, -0.15) is 13.2 Å². The molecule has 1 spiro atoms. The minimum absolute atomic E-state index is 0.00753. The Bertz CT molecular complexity index is 901. The lowest BCUT2D eigenvalue weighted by Crippen LogP contribution is -2.45. The van der Waals surface area contributed by atoms with Gasteiger partial charge in [-0.05, 0) is 55.0 Å². The summed E-state index contributed by atoms with van der Waals surface area (Å²) >= 11 is 0. The summed E-state index contributed by atoms with van der Waals surface area (Å²) in [5.41, 5.74) is 0.226. The number of hydrogen-bond donors (Lipinski definition) is 2. The maximum atomic E-state index is 12.7. The van der Waals surface area contributed by atoms with Crippen LogP contribution in [0, 0.1) is 5.41 Å². The van der Waals surface area contributed by atoms with E-state index in [0.29, 0.717) is 37.4 Å². The van der Waals surface area contributed by atoms with Crippen molar-refractivity contribution in [3.8, 4) is 0 Å². The third kappa shape index (κ3) is 4.15. The van der Waals surface area contributed by atoms with Crippen molar-refractivity contribution < 1.29 is 22.8 Å². The van der Waals surface area contributed by atoms with Crippen molar-refractivity contribution in [3.05, 3.63) is 53.9 Å². The van der Waals surface area contributed by atoms with Crippen molar-refractivity contribution in [2.24, 2.45) is 5.41 Å². The van der Waals surface area contributed by atoms with Crippen molar-refractivity contribution in [1.82, 2.24) is 14.8 Å². The number of anilines is 1. The Balaban J connectivity index is 1.31. The Kier molecular flexibility index (Phi) is 5.21. The third-order valence-electron chi connectivity index (χ3n) is 6.15. The summed E-state index contributed by atoms with van der Waals surface area (Å²) in [5, 5.41) is 2.68. The molecule has 0 radical (unpaired) electrons. The molecule has 1 aromatic heterocycles. The van der Waals surface area contributed by atoms with Crippen LogP contribution in [0.15, 0.2) is 42.7 Å². The van der Waals surface area contributed by atoms with Crippen molar-refractivity contribution >= 4 is 17.6 Å². The molecule has 2 saturated heterocycles. The molecule has 3 amide bonds. The highest BCUT2D eigenvalue weighted by Gasteiger charge is 2.43. The minimum Gasteiger partial charge on any atom is -0.367 e. The van der Waals surface area contributed by atoms with Gasteiger partial charge in [-0.15, -0.1) is 0 Å². The third-order valence-corrected chi connectivity index (χ3v) is 6.15. The van der Waals surface area contributed by atoms with Gasteiger partial charge >= 0.3 is 12.2 Å². The van der Waals surface area contributed by atoms with Crippen LogP contribution in [0.5, 0.6) is 0 Å². The van der Waals surface area contributed by atoms with Gasteiger partial charge in [0.2, 0.25) is 0 Å². The van der Waals surface area contributed by atoms with Gasteiger partial charge in [0.15, 0.2) is 0 Å². The zero-order valence-corrected chi connectivity index (χ0v) is 16.3. The maximum absolute atomic E-state index is 12.7. The van der Waals surface area contributed by atoms with Crippen LogP contribution in [0.25, 0.3) is 0 Å². The van der Waals surface area contributed by atoms with Gasteiger partial charge in [-0.3, -0.25) is 4.79 Å². The van der Waals surface area contributed by atoms with Crippen molar-refractivity contribution in [2.45, 2.75) is 25.4 Å². The summed E-state index contributed by atoms with van der Waals surface area (Å²) in [6.45, 7) is 2.49. The Morgan fingerprint density at radius 3 is 2.17 bits per heavy atom. The van der Waals surface area contributed by atoms with Crippen LogP contribution in [0.2, 0.25) is 0 Å². The molecule has 3 heterocycles. The van der Waals surface area contributed by atoms with Crippen LogP contribution in [0.1, 0.15) is 35.2 Å². The van der Waals surface area contributed by atoms with E-state index >= 15 is 0 Å². The van der Waals surface area contributed by atoms with Crippen molar-refractivity contribution in [3.63, 3.8) is 0 Å². The van der Waals surface area contributed by atoms with E-state index in [9.17, 15) is 22.8 Å². The zero-order chi connectivity index (χ0) is 21.4. The van der Waals surface area contributed by atoms with Gasteiger partial charge in [-0.25, -0.2) is 4.79 Å². The van der Waals surface area contributed by atoms with E-state index in [-0.39, 0.29) is 17.4 Å². The summed E-state index contributed by atoms with van der Waals surface area (Å²) in [5.74, 6) is 0.0148. The SMILES string of the molecule is O=C(Nc1ccc(C(F)(F)F)cc1)N1CCC2(CCN(C(=O)c3cc[nH]c3)CC2)C1. The fraction of sp³-hybridized carbons (Fsp3) is 0.429. The lowest BCUT2D eigenvalue weighted by Gasteiger charge is -2.39. The zero-order valence-electron chi connectivity index (χ0n) is 16.3. The quantitative estimate of drug-likeness (QED) is 0.765. The standard InChI is InChI=1S/C21H23F3N4O2/c22-21(23,24)16-1-3-17(4-2-16)26-19(30)28-12-8-20(14-28)6-10-27(11-7-20)18(29)15-5-9-25-13-15/h1-5,9,13,25H,6-8,10-12,14H2,(H,26,30). The minimum atomic E-state index is -4.40. The van der Waals surface area contributed by atoms with Crippen LogP contribution >= 0.6 is 0 Å². The average Bonchev–Trinajstić information content (AvgIpc) is 3.39. The number of amides is 3. The molecule has 0 saturated carbocycles. The number of carbonyl (C=O) groups is 2. The Morgan fingerprint density at radius 1 is 0.967 bits per heavy atom. The second-order valence-electron chi connectivity index (χ2n) is 8.07. The number of rotatable bonds is 2. The first kappa shape index (κ1) is 20.3. The summed E-state index contributed by atoms with van der Waals surface area (Å²) in [6, 6.07) is 5.89. The molecule has 6 nitrogen and oxygen atoms in total. The second-order valence-corrected chi connectivity index (χ2v) is 8.07. The fourth-order valence-electron chi connectivity index (χ4n) is 4.29. The predicted octanol–water partition coefficient (Wildman–Crippen LogP) is 4.19. The first-order chi connectivity index (χ1) is 14.3. The number of piperidine rings is 1. The molecule has 0 bridgehead atoms. The lowest BCUT2D eigenvalue weighted by atomic mass is 9.77. The van der Waals surface area contributed by atoms with Gasteiger partial charge in [-0.1, -0.05) is 0 Å². The Hall–Kier alpha value is -2.97. The number of nitrogens with zero attached hydrogens (tertiary/aromatic N) is 2. The molecule has 1 aromatic carbocycles. The largest absolute Gasteiger partial charge is 0.416 e. The number of urea groups is 1. The molecule has 0 atom stereocenters. The van der Waals surface area contributed by atoms with Crippen LogP contribution in [-0.4, -0.2) is 52.9 Å². The molecular formula is C21H23F3N4O2. The van der Waals surface area contributed by atoms with E-state index in [1.807, 2.05) is 4.90 Å². The summed E-state index contributed by atoms with van der Waals surface area (Å²) in [6.07, 6.45) is 1.53. The van der Waals surface area contributed by atoms with E-state index in [2.05, 4.69) is 10.3 Å². The molecular weight excluding hydrogens is 397 g/mol.